The van der Waals surface area contributed by atoms with Gasteiger partial charge in [0, 0.05) is 6.42 Å². The Labute approximate surface area is 99.6 Å². The molecule has 0 saturated carbocycles. The second-order valence-electron chi connectivity index (χ2n) is 3.98. The SMILES string of the molecule is COC(=O)c1cc(C(C)CC=O)c(F)cc1C. The van der Waals surface area contributed by atoms with Crippen LogP contribution < -0.4 is 0 Å². The quantitative estimate of drug-likeness (QED) is 0.598. The average molecular weight is 238 g/mol. The topological polar surface area (TPSA) is 43.4 Å². The minimum absolute atomic E-state index is 0.223. The van der Waals surface area contributed by atoms with Gasteiger partial charge in [0.25, 0.3) is 0 Å². The van der Waals surface area contributed by atoms with Gasteiger partial charge in [-0.15, -0.1) is 0 Å². The summed E-state index contributed by atoms with van der Waals surface area (Å²) in [5, 5.41) is 0. The van der Waals surface area contributed by atoms with Gasteiger partial charge in [-0.05, 0) is 36.1 Å². The molecule has 0 amide bonds. The van der Waals surface area contributed by atoms with Crippen LogP contribution in [0.4, 0.5) is 4.39 Å². The number of halogens is 1. The number of esters is 1. The molecule has 4 heteroatoms. The van der Waals surface area contributed by atoms with Crippen LogP contribution in [-0.2, 0) is 9.53 Å². The number of hydrogen-bond donors (Lipinski definition) is 0. The zero-order valence-corrected chi connectivity index (χ0v) is 10.1. The van der Waals surface area contributed by atoms with Gasteiger partial charge < -0.3 is 9.53 Å². The number of carbonyl (C=O) groups is 2. The van der Waals surface area contributed by atoms with E-state index in [1.807, 2.05) is 0 Å². The zero-order valence-electron chi connectivity index (χ0n) is 10.1. The van der Waals surface area contributed by atoms with Crippen molar-refractivity contribution in [3.8, 4) is 0 Å². The monoisotopic (exact) mass is 238 g/mol. The number of rotatable bonds is 4. The Hall–Kier alpha value is -1.71. The summed E-state index contributed by atoms with van der Waals surface area (Å²) in [5.74, 6) is -1.15. The van der Waals surface area contributed by atoms with E-state index in [1.54, 1.807) is 13.8 Å². The van der Waals surface area contributed by atoms with Crippen molar-refractivity contribution in [3.63, 3.8) is 0 Å². The van der Waals surface area contributed by atoms with Gasteiger partial charge in [-0.25, -0.2) is 9.18 Å². The lowest BCUT2D eigenvalue weighted by molar-refractivity contribution is -0.108. The Balaban J connectivity index is 3.23. The third-order valence-electron chi connectivity index (χ3n) is 2.73. The molecule has 1 rings (SSSR count). The molecule has 3 nitrogen and oxygen atoms in total. The van der Waals surface area contributed by atoms with E-state index in [-0.39, 0.29) is 12.3 Å². The molecule has 1 aromatic rings. The predicted molar refractivity (Wildman–Crippen MR) is 61.6 cm³/mol. The third-order valence-corrected chi connectivity index (χ3v) is 2.73. The first kappa shape index (κ1) is 13.4. The van der Waals surface area contributed by atoms with Crippen LogP contribution in [0.1, 0.15) is 40.7 Å². The molecule has 1 aromatic carbocycles. The summed E-state index contributed by atoms with van der Waals surface area (Å²) in [7, 11) is 1.28. The highest BCUT2D eigenvalue weighted by Gasteiger charge is 2.17. The van der Waals surface area contributed by atoms with E-state index in [9.17, 15) is 14.0 Å². The standard InChI is InChI=1S/C13H15FO3/c1-8(4-5-15)10-7-11(13(16)17-3)9(2)6-12(10)14/h5-8H,4H2,1-3H3. The van der Waals surface area contributed by atoms with Crippen LogP contribution in [0.15, 0.2) is 12.1 Å². The summed E-state index contributed by atoms with van der Waals surface area (Å²) in [6, 6.07) is 2.76. The number of methoxy groups -OCH3 is 1. The van der Waals surface area contributed by atoms with Gasteiger partial charge in [0.05, 0.1) is 12.7 Å². The maximum Gasteiger partial charge on any atom is 0.338 e. The van der Waals surface area contributed by atoms with E-state index in [4.69, 9.17) is 0 Å². The van der Waals surface area contributed by atoms with E-state index in [0.717, 1.165) is 6.29 Å². The Morgan fingerprint density at radius 2 is 2.18 bits per heavy atom. The molecule has 1 unspecified atom stereocenters. The average Bonchev–Trinajstić information content (AvgIpc) is 2.28. The molecule has 0 aliphatic rings. The summed E-state index contributed by atoms with van der Waals surface area (Å²) < 4.78 is 18.3. The maximum absolute atomic E-state index is 13.7. The molecule has 0 aliphatic carbocycles. The summed E-state index contributed by atoms with van der Waals surface area (Å²) in [6.07, 6.45) is 0.961. The van der Waals surface area contributed by atoms with Crippen molar-refractivity contribution in [2.24, 2.45) is 0 Å². The fourth-order valence-electron chi connectivity index (χ4n) is 1.67. The predicted octanol–water partition coefficient (Wildman–Crippen LogP) is 2.61. The lowest BCUT2D eigenvalue weighted by atomic mass is 9.94. The molecular weight excluding hydrogens is 223 g/mol. The van der Waals surface area contributed by atoms with E-state index >= 15 is 0 Å². The highest BCUT2D eigenvalue weighted by atomic mass is 19.1. The summed E-state index contributed by atoms with van der Waals surface area (Å²) in [6.45, 7) is 3.38. The van der Waals surface area contributed by atoms with Crippen LogP contribution in [0.3, 0.4) is 0 Å². The van der Waals surface area contributed by atoms with E-state index < -0.39 is 11.8 Å². The van der Waals surface area contributed by atoms with E-state index in [0.29, 0.717) is 16.7 Å². The number of aldehydes is 1. The molecule has 17 heavy (non-hydrogen) atoms. The second kappa shape index (κ2) is 5.57. The Kier molecular flexibility index (Phi) is 4.37. The normalized spacial score (nSPS) is 12.0. The highest BCUT2D eigenvalue weighted by Crippen LogP contribution is 2.25. The lowest BCUT2D eigenvalue weighted by Crippen LogP contribution is -2.08. The highest BCUT2D eigenvalue weighted by molar-refractivity contribution is 5.91. The fraction of sp³-hybridized carbons (Fsp3) is 0.385. The number of benzene rings is 1. The lowest BCUT2D eigenvalue weighted by Gasteiger charge is -2.13. The molecular formula is C13H15FO3. The van der Waals surface area contributed by atoms with Crippen molar-refractivity contribution in [1.29, 1.82) is 0 Å². The second-order valence-corrected chi connectivity index (χ2v) is 3.98. The van der Waals surface area contributed by atoms with Crippen LogP contribution >= 0.6 is 0 Å². The summed E-state index contributed by atoms with van der Waals surface area (Å²) in [4.78, 5) is 21.9. The van der Waals surface area contributed by atoms with Crippen LogP contribution in [0.2, 0.25) is 0 Å². The molecule has 0 aromatic heterocycles. The van der Waals surface area contributed by atoms with Crippen LogP contribution in [0, 0.1) is 12.7 Å². The van der Waals surface area contributed by atoms with Gasteiger partial charge in [0.1, 0.15) is 12.1 Å². The van der Waals surface area contributed by atoms with E-state index in [2.05, 4.69) is 4.74 Å². The minimum Gasteiger partial charge on any atom is -0.465 e. The fourth-order valence-corrected chi connectivity index (χ4v) is 1.67. The van der Waals surface area contributed by atoms with Crippen molar-refractivity contribution < 1.29 is 18.7 Å². The van der Waals surface area contributed by atoms with Gasteiger partial charge in [-0.3, -0.25) is 0 Å². The summed E-state index contributed by atoms with van der Waals surface area (Å²) in [5.41, 5.74) is 1.22. The van der Waals surface area contributed by atoms with Crippen molar-refractivity contribution in [2.45, 2.75) is 26.2 Å². The molecule has 0 fully saturated rings. The van der Waals surface area contributed by atoms with Gasteiger partial charge in [0.15, 0.2) is 0 Å². The molecule has 0 radical (unpaired) electrons. The minimum atomic E-state index is -0.498. The molecule has 0 saturated heterocycles. The molecule has 92 valence electrons. The van der Waals surface area contributed by atoms with Crippen LogP contribution in [0.5, 0.6) is 0 Å². The number of carbonyl (C=O) groups excluding carboxylic acids is 2. The van der Waals surface area contributed by atoms with Crippen molar-refractivity contribution >= 4 is 12.3 Å². The maximum atomic E-state index is 13.7. The molecule has 0 aliphatic heterocycles. The number of ether oxygens (including phenoxy) is 1. The molecule has 0 heterocycles. The molecule has 0 bridgehead atoms. The number of hydrogen-bond acceptors (Lipinski definition) is 3. The third kappa shape index (κ3) is 2.90. The van der Waals surface area contributed by atoms with E-state index in [1.165, 1.54) is 19.2 Å². The Morgan fingerprint density at radius 1 is 1.53 bits per heavy atom. The zero-order chi connectivity index (χ0) is 13.0. The van der Waals surface area contributed by atoms with Crippen molar-refractivity contribution in [1.82, 2.24) is 0 Å². The van der Waals surface area contributed by atoms with Crippen molar-refractivity contribution in [2.75, 3.05) is 7.11 Å². The Bertz CT molecular complexity index is 441. The first-order valence-corrected chi connectivity index (χ1v) is 5.33. The number of aryl methyl sites for hydroxylation is 1. The molecule has 1 atom stereocenters. The van der Waals surface area contributed by atoms with Crippen LogP contribution in [-0.4, -0.2) is 19.4 Å². The van der Waals surface area contributed by atoms with Gasteiger partial charge in [-0.1, -0.05) is 6.92 Å². The van der Waals surface area contributed by atoms with Gasteiger partial charge in [-0.2, -0.15) is 0 Å². The van der Waals surface area contributed by atoms with Gasteiger partial charge >= 0.3 is 5.97 Å². The Morgan fingerprint density at radius 3 is 2.71 bits per heavy atom. The first-order valence-electron chi connectivity index (χ1n) is 5.33. The smallest absolute Gasteiger partial charge is 0.338 e. The van der Waals surface area contributed by atoms with Crippen molar-refractivity contribution in [3.05, 3.63) is 34.6 Å². The molecule has 0 spiro atoms. The first-order chi connectivity index (χ1) is 8.01. The summed E-state index contributed by atoms with van der Waals surface area (Å²) >= 11 is 0. The van der Waals surface area contributed by atoms with Gasteiger partial charge in [0.2, 0.25) is 0 Å². The largest absolute Gasteiger partial charge is 0.465 e. The van der Waals surface area contributed by atoms with Crippen LogP contribution in [0.25, 0.3) is 0 Å². The molecule has 0 N–H and O–H groups in total.